The van der Waals surface area contributed by atoms with Gasteiger partial charge in [-0.1, -0.05) is 0 Å². The van der Waals surface area contributed by atoms with E-state index in [1.54, 1.807) is 20.0 Å². The Labute approximate surface area is 188 Å². The molecular formula is C22H26N6O3S. The number of anilines is 1. The van der Waals surface area contributed by atoms with E-state index in [4.69, 9.17) is 0 Å². The number of nitrogens with one attached hydrogen (secondary N) is 2. The molecule has 2 aliphatic rings. The number of nitrogens with zero attached hydrogens (tertiary/aromatic N) is 4. The van der Waals surface area contributed by atoms with Gasteiger partial charge in [0, 0.05) is 50.2 Å². The first kappa shape index (κ1) is 20.9. The minimum atomic E-state index is -0.350. The zero-order chi connectivity index (χ0) is 22.6. The molecular weight excluding hydrogens is 428 g/mol. The average Bonchev–Trinajstić information content (AvgIpc) is 3.48. The second-order valence-electron chi connectivity index (χ2n) is 8.35. The van der Waals surface area contributed by atoms with Crippen LogP contribution in [0.15, 0.2) is 27.8 Å². The monoisotopic (exact) mass is 454 g/mol. The average molecular weight is 455 g/mol. The van der Waals surface area contributed by atoms with Crippen molar-refractivity contribution in [1.29, 1.82) is 0 Å². The minimum Gasteiger partial charge on any atom is -0.364 e. The van der Waals surface area contributed by atoms with E-state index < -0.39 is 0 Å². The summed E-state index contributed by atoms with van der Waals surface area (Å²) in [5.74, 6) is -0.177. The van der Waals surface area contributed by atoms with Gasteiger partial charge >= 0.3 is 5.69 Å². The van der Waals surface area contributed by atoms with Crippen molar-refractivity contribution in [3.8, 4) is 0 Å². The van der Waals surface area contributed by atoms with Gasteiger partial charge in [0.1, 0.15) is 10.4 Å². The molecule has 4 heterocycles. The molecule has 3 aromatic rings. The molecule has 0 aromatic carbocycles. The van der Waals surface area contributed by atoms with E-state index >= 15 is 0 Å². The van der Waals surface area contributed by atoms with Crippen molar-refractivity contribution < 1.29 is 4.79 Å². The molecule has 1 saturated carbocycles. The SMILES string of the molecule is CCn1c(=O)[nH]c2cc(CN3CCN(c4ccc(C(=O)NC)nc4C)C4CC43)sc2c1=O. The molecule has 2 N–H and O–H groups in total. The molecule has 1 aliphatic carbocycles. The summed E-state index contributed by atoms with van der Waals surface area (Å²) in [7, 11) is 1.61. The summed E-state index contributed by atoms with van der Waals surface area (Å²) in [6.45, 7) is 6.67. The maximum Gasteiger partial charge on any atom is 0.328 e. The van der Waals surface area contributed by atoms with Crippen molar-refractivity contribution in [1.82, 2.24) is 24.8 Å². The highest BCUT2D eigenvalue weighted by Crippen LogP contribution is 2.41. The Bertz CT molecular complexity index is 1330. The first-order valence-corrected chi connectivity index (χ1v) is 11.7. The van der Waals surface area contributed by atoms with E-state index in [9.17, 15) is 14.4 Å². The molecule has 32 heavy (non-hydrogen) atoms. The summed E-state index contributed by atoms with van der Waals surface area (Å²) in [5.41, 5.74) is 2.46. The van der Waals surface area contributed by atoms with E-state index in [1.165, 1.54) is 15.9 Å². The second-order valence-corrected chi connectivity index (χ2v) is 9.49. The van der Waals surface area contributed by atoms with Crippen LogP contribution in [0.4, 0.5) is 5.69 Å². The van der Waals surface area contributed by atoms with Gasteiger partial charge in [-0.2, -0.15) is 0 Å². The number of amides is 1. The lowest BCUT2D eigenvalue weighted by atomic mass is 10.2. The molecule has 0 spiro atoms. The number of aromatic nitrogens is 3. The standard InChI is InChI=1S/C22H26N6O3S/c1-4-27-21(30)19-15(25-22(27)31)9-13(32-19)11-26-7-8-28(18-10-17(18)26)16-6-5-14(20(29)23-3)24-12(16)2/h5-6,9,17-18H,4,7-8,10-11H2,1-3H3,(H,23,29)(H,25,31). The largest absolute Gasteiger partial charge is 0.364 e. The van der Waals surface area contributed by atoms with Gasteiger partial charge in [0.15, 0.2) is 0 Å². The van der Waals surface area contributed by atoms with Crippen molar-refractivity contribution in [2.75, 3.05) is 25.0 Å². The summed E-state index contributed by atoms with van der Waals surface area (Å²) in [6.07, 6.45) is 1.08. The van der Waals surface area contributed by atoms with Gasteiger partial charge in [-0.15, -0.1) is 11.3 Å². The molecule has 0 bridgehead atoms. The number of aromatic amines is 1. The molecule has 0 radical (unpaired) electrons. The fraction of sp³-hybridized carbons (Fsp3) is 0.455. The van der Waals surface area contributed by atoms with Crippen molar-refractivity contribution in [2.45, 2.75) is 45.4 Å². The maximum absolute atomic E-state index is 12.6. The molecule has 1 aliphatic heterocycles. The number of H-pyrrole nitrogens is 1. The molecule has 168 valence electrons. The predicted octanol–water partition coefficient (Wildman–Crippen LogP) is 1.30. The first-order chi connectivity index (χ1) is 15.4. The van der Waals surface area contributed by atoms with Crippen LogP contribution in [0.3, 0.4) is 0 Å². The topological polar surface area (TPSA) is 103 Å². The number of carbonyl (C=O) groups excluding carboxylic acids is 1. The van der Waals surface area contributed by atoms with Gasteiger partial charge in [-0.05, 0) is 38.5 Å². The first-order valence-electron chi connectivity index (χ1n) is 10.9. The molecule has 5 rings (SSSR count). The summed E-state index contributed by atoms with van der Waals surface area (Å²) >= 11 is 1.48. The summed E-state index contributed by atoms with van der Waals surface area (Å²) in [6, 6.07) is 6.61. The van der Waals surface area contributed by atoms with Crippen LogP contribution in [0.25, 0.3) is 10.2 Å². The van der Waals surface area contributed by atoms with Crippen molar-refractivity contribution in [3.05, 3.63) is 55.3 Å². The lowest BCUT2D eigenvalue weighted by Crippen LogP contribution is -2.46. The molecule has 2 unspecified atom stereocenters. The highest BCUT2D eigenvalue weighted by molar-refractivity contribution is 7.18. The Morgan fingerprint density at radius 2 is 2.09 bits per heavy atom. The van der Waals surface area contributed by atoms with Gasteiger partial charge in [-0.3, -0.25) is 19.1 Å². The van der Waals surface area contributed by atoms with Gasteiger partial charge in [0.2, 0.25) is 0 Å². The molecule has 2 fully saturated rings. The molecule has 3 aromatic heterocycles. The van der Waals surface area contributed by atoms with E-state index in [2.05, 4.69) is 25.1 Å². The second kappa shape index (κ2) is 7.86. The zero-order valence-electron chi connectivity index (χ0n) is 18.3. The van der Waals surface area contributed by atoms with E-state index in [0.717, 1.165) is 42.3 Å². The van der Waals surface area contributed by atoms with Crippen molar-refractivity contribution in [2.24, 2.45) is 0 Å². The third-order valence-electron chi connectivity index (χ3n) is 6.43. The number of aryl methyl sites for hydroxylation is 1. The van der Waals surface area contributed by atoms with E-state index in [1.807, 2.05) is 19.1 Å². The number of rotatable bonds is 5. The van der Waals surface area contributed by atoms with Crippen LogP contribution in [0, 0.1) is 6.92 Å². The summed E-state index contributed by atoms with van der Waals surface area (Å²) in [4.78, 5) is 49.8. The number of thiophene rings is 1. The fourth-order valence-corrected chi connectivity index (χ4v) is 5.81. The minimum absolute atomic E-state index is 0.177. The Balaban J connectivity index is 1.32. The van der Waals surface area contributed by atoms with E-state index in [0.29, 0.717) is 34.5 Å². The number of pyridine rings is 1. The van der Waals surface area contributed by atoms with Crippen LogP contribution in [0.5, 0.6) is 0 Å². The lowest BCUT2D eigenvalue weighted by molar-refractivity contribution is 0.0958. The van der Waals surface area contributed by atoms with Crippen LogP contribution in [0.2, 0.25) is 0 Å². The molecule has 1 amide bonds. The van der Waals surface area contributed by atoms with Crippen molar-refractivity contribution >= 4 is 33.1 Å². The number of carbonyl (C=O) groups is 1. The molecule has 2 atom stereocenters. The summed E-state index contributed by atoms with van der Waals surface area (Å²) < 4.78 is 1.86. The van der Waals surface area contributed by atoms with Crippen molar-refractivity contribution in [3.63, 3.8) is 0 Å². The normalized spacial score (nSPS) is 20.4. The van der Waals surface area contributed by atoms with Crippen LogP contribution >= 0.6 is 11.3 Å². The highest BCUT2D eigenvalue weighted by Gasteiger charge is 2.49. The Morgan fingerprint density at radius 1 is 1.28 bits per heavy atom. The smallest absolute Gasteiger partial charge is 0.328 e. The van der Waals surface area contributed by atoms with E-state index in [-0.39, 0.29) is 17.2 Å². The fourth-order valence-electron chi connectivity index (χ4n) is 4.73. The number of hydrogen-bond donors (Lipinski definition) is 2. The Hall–Kier alpha value is -2.98. The zero-order valence-corrected chi connectivity index (χ0v) is 19.2. The number of fused-ring (bicyclic) bond motifs is 2. The van der Waals surface area contributed by atoms with Gasteiger partial charge in [0.05, 0.1) is 16.9 Å². The summed E-state index contributed by atoms with van der Waals surface area (Å²) in [5, 5.41) is 2.61. The highest BCUT2D eigenvalue weighted by atomic mass is 32.1. The van der Waals surface area contributed by atoms with Crippen LogP contribution in [-0.2, 0) is 13.1 Å². The molecule has 1 saturated heterocycles. The molecule has 9 nitrogen and oxygen atoms in total. The maximum atomic E-state index is 12.6. The Kier molecular flexibility index (Phi) is 5.13. The van der Waals surface area contributed by atoms with Gasteiger partial charge in [-0.25, -0.2) is 9.78 Å². The van der Waals surface area contributed by atoms with Gasteiger partial charge < -0.3 is 15.2 Å². The molecule has 10 heteroatoms. The number of hydrogen-bond acceptors (Lipinski definition) is 7. The third-order valence-corrected chi connectivity index (χ3v) is 7.54. The number of piperazine rings is 1. The van der Waals surface area contributed by atoms with Crippen LogP contribution in [-0.4, -0.2) is 57.6 Å². The van der Waals surface area contributed by atoms with Crippen LogP contribution < -0.4 is 21.5 Å². The lowest BCUT2D eigenvalue weighted by Gasteiger charge is -2.36. The predicted molar refractivity (Wildman–Crippen MR) is 125 cm³/mol. The Morgan fingerprint density at radius 3 is 2.81 bits per heavy atom. The van der Waals surface area contributed by atoms with Gasteiger partial charge in [0.25, 0.3) is 11.5 Å². The van der Waals surface area contributed by atoms with Crippen LogP contribution in [0.1, 0.15) is 34.4 Å². The third kappa shape index (κ3) is 3.43. The quantitative estimate of drug-likeness (QED) is 0.602.